The topological polar surface area (TPSA) is 237 Å². The number of rotatable bonds is 78. The molecule has 0 aromatic heterocycles. The molecular formula is C81H158O17P2. The van der Waals surface area contributed by atoms with Gasteiger partial charge in [-0.2, -0.15) is 0 Å². The van der Waals surface area contributed by atoms with Gasteiger partial charge in [0, 0.05) is 25.7 Å². The number of ether oxygens (including phenoxy) is 4. The maximum Gasteiger partial charge on any atom is 0.472 e. The van der Waals surface area contributed by atoms with Crippen molar-refractivity contribution in [3.8, 4) is 0 Å². The number of aliphatic hydroxyl groups is 1. The quantitative estimate of drug-likeness (QED) is 0.0222. The molecule has 0 aliphatic rings. The van der Waals surface area contributed by atoms with Crippen molar-refractivity contribution in [2.45, 2.75) is 433 Å². The largest absolute Gasteiger partial charge is 0.472 e. The number of carbonyl (C=O) groups is 4. The van der Waals surface area contributed by atoms with Gasteiger partial charge in [-0.05, 0) is 49.4 Å². The zero-order valence-electron chi connectivity index (χ0n) is 65.8. The van der Waals surface area contributed by atoms with Crippen LogP contribution in [0.2, 0.25) is 0 Å². The van der Waals surface area contributed by atoms with E-state index in [2.05, 4.69) is 55.4 Å². The first-order valence-corrected chi connectivity index (χ1v) is 44.8. The molecule has 0 rings (SSSR count). The van der Waals surface area contributed by atoms with E-state index in [1.54, 1.807) is 0 Å². The Morgan fingerprint density at radius 3 is 0.660 bits per heavy atom. The summed E-state index contributed by atoms with van der Waals surface area (Å²) in [6.45, 7) is 14.3. The molecule has 0 saturated carbocycles. The molecule has 0 fully saturated rings. The third-order valence-electron chi connectivity index (χ3n) is 20.3. The Bertz CT molecular complexity index is 1960. The summed E-state index contributed by atoms with van der Waals surface area (Å²) in [6, 6.07) is 0. The Morgan fingerprint density at radius 2 is 0.450 bits per heavy atom. The van der Waals surface area contributed by atoms with Gasteiger partial charge >= 0.3 is 39.5 Å². The van der Waals surface area contributed by atoms with Gasteiger partial charge in [0.15, 0.2) is 12.2 Å². The van der Waals surface area contributed by atoms with Gasteiger partial charge in [-0.25, -0.2) is 9.13 Å². The van der Waals surface area contributed by atoms with E-state index in [9.17, 15) is 43.2 Å². The summed E-state index contributed by atoms with van der Waals surface area (Å²) in [5.41, 5.74) is 0. The fraction of sp³-hybridized carbons (Fsp3) is 0.951. The first-order valence-electron chi connectivity index (χ1n) is 41.9. The molecule has 0 aromatic rings. The van der Waals surface area contributed by atoms with Crippen LogP contribution in [-0.4, -0.2) is 96.7 Å². The molecule has 100 heavy (non-hydrogen) atoms. The predicted molar refractivity (Wildman–Crippen MR) is 409 cm³/mol. The highest BCUT2D eigenvalue weighted by molar-refractivity contribution is 7.47. The Morgan fingerprint density at radius 1 is 0.270 bits per heavy atom. The van der Waals surface area contributed by atoms with Gasteiger partial charge in [0.2, 0.25) is 0 Å². The molecule has 0 heterocycles. The Hall–Kier alpha value is -1.94. The van der Waals surface area contributed by atoms with E-state index in [1.165, 1.54) is 205 Å². The van der Waals surface area contributed by atoms with Gasteiger partial charge in [-0.15, -0.1) is 0 Å². The highest BCUT2D eigenvalue weighted by Crippen LogP contribution is 2.45. The van der Waals surface area contributed by atoms with Crippen molar-refractivity contribution in [2.75, 3.05) is 39.6 Å². The number of hydrogen-bond acceptors (Lipinski definition) is 15. The minimum Gasteiger partial charge on any atom is -0.462 e. The van der Waals surface area contributed by atoms with Crippen LogP contribution in [0.1, 0.15) is 415 Å². The van der Waals surface area contributed by atoms with Crippen LogP contribution in [0.4, 0.5) is 0 Å². The first kappa shape index (κ1) is 98.1. The molecule has 9 atom stereocenters. The average molecular weight is 1470 g/mol. The molecule has 3 N–H and O–H groups in total. The second-order valence-corrected chi connectivity index (χ2v) is 33.0. The minimum absolute atomic E-state index is 0.106. The van der Waals surface area contributed by atoms with Crippen molar-refractivity contribution in [3.05, 3.63) is 0 Å². The van der Waals surface area contributed by atoms with Crippen molar-refractivity contribution < 1.29 is 80.2 Å². The third-order valence-corrected chi connectivity index (χ3v) is 22.2. The lowest BCUT2D eigenvalue weighted by atomic mass is 9.99. The summed E-state index contributed by atoms with van der Waals surface area (Å²) in [4.78, 5) is 72.9. The molecule has 0 aliphatic carbocycles. The number of unbranched alkanes of at least 4 members (excludes halogenated alkanes) is 40. The van der Waals surface area contributed by atoms with E-state index >= 15 is 0 Å². The molecule has 594 valence electrons. The molecule has 0 amide bonds. The van der Waals surface area contributed by atoms with E-state index < -0.39 is 97.5 Å². The molecule has 0 aromatic carbocycles. The molecule has 0 aliphatic heterocycles. The van der Waals surface area contributed by atoms with Crippen LogP contribution in [0, 0.1) is 23.7 Å². The van der Waals surface area contributed by atoms with E-state index in [0.717, 1.165) is 126 Å². The highest BCUT2D eigenvalue weighted by Gasteiger charge is 2.30. The third kappa shape index (κ3) is 69.1. The normalized spacial score (nSPS) is 15.1. The zero-order chi connectivity index (χ0) is 73.8. The van der Waals surface area contributed by atoms with E-state index in [-0.39, 0.29) is 25.7 Å². The number of hydrogen-bond donors (Lipinski definition) is 3. The fourth-order valence-corrected chi connectivity index (χ4v) is 13.9. The predicted octanol–water partition coefficient (Wildman–Crippen LogP) is 24.0. The van der Waals surface area contributed by atoms with Crippen LogP contribution in [0.25, 0.3) is 0 Å². The van der Waals surface area contributed by atoms with Crippen LogP contribution in [0.5, 0.6) is 0 Å². The van der Waals surface area contributed by atoms with Crippen molar-refractivity contribution in [2.24, 2.45) is 23.7 Å². The summed E-state index contributed by atoms with van der Waals surface area (Å²) in [6.07, 6.45) is 57.0. The van der Waals surface area contributed by atoms with Crippen molar-refractivity contribution in [1.29, 1.82) is 0 Å². The van der Waals surface area contributed by atoms with Crippen LogP contribution < -0.4 is 0 Å². The first-order chi connectivity index (χ1) is 48.2. The standard InChI is InChI=1S/C81H158O17P2/c1-9-71(5)57-49-41-33-29-25-21-17-15-13-14-16-18-23-27-31-35-47-55-63-80(85)97-76(67-91-78(83)61-53-45-39-37-43-51-59-73(7)11-3)69-95-99(87,88)93-65-75(82)66-94-100(89,90)96-70-77(68-92-79(84)62-54-46-40-38-44-52-60-74(8)12-4)98-81(86)64-56-48-36-32-28-24-20-19-22-26-30-34-42-50-58-72(6)10-2/h71-77,82H,9-70H2,1-8H3,(H,87,88)(H,89,90)/t71?,72?,73?,74?,75-,76-,77-/m1/s1. The number of aliphatic hydroxyl groups excluding tert-OH is 1. The molecule has 17 nitrogen and oxygen atoms in total. The lowest BCUT2D eigenvalue weighted by Gasteiger charge is -2.21. The number of esters is 4. The van der Waals surface area contributed by atoms with Crippen molar-refractivity contribution in [3.63, 3.8) is 0 Å². The maximum atomic E-state index is 13.1. The SMILES string of the molecule is CCC(C)CCCCCCCCCCCCCCCCCCCCC(=O)O[C@H](COC(=O)CCCCCCCCC(C)CC)COP(=O)(O)OC[C@@H](O)COP(=O)(O)OC[C@@H](COC(=O)CCCCCCCCC(C)CC)OC(=O)CCCCCCCCCCCCCCCCC(C)CC. The van der Waals surface area contributed by atoms with E-state index in [1.807, 2.05) is 0 Å². The number of phosphoric acid groups is 2. The van der Waals surface area contributed by atoms with Gasteiger partial charge < -0.3 is 33.8 Å². The van der Waals surface area contributed by atoms with E-state index in [4.69, 9.17) is 37.0 Å². The molecular weight excluding hydrogens is 1310 g/mol. The Labute approximate surface area is 613 Å². The van der Waals surface area contributed by atoms with Crippen molar-refractivity contribution in [1.82, 2.24) is 0 Å². The van der Waals surface area contributed by atoms with Crippen LogP contribution >= 0.6 is 15.6 Å². The molecule has 0 radical (unpaired) electrons. The molecule has 0 spiro atoms. The van der Waals surface area contributed by atoms with Crippen LogP contribution in [0.15, 0.2) is 0 Å². The average Bonchev–Trinajstić information content (AvgIpc) is 0.913. The molecule has 0 saturated heterocycles. The minimum atomic E-state index is -4.96. The fourth-order valence-electron chi connectivity index (χ4n) is 12.3. The van der Waals surface area contributed by atoms with Crippen LogP contribution in [0.3, 0.4) is 0 Å². The number of carbonyl (C=O) groups excluding carboxylic acids is 4. The maximum absolute atomic E-state index is 13.1. The van der Waals surface area contributed by atoms with Gasteiger partial charge in [0.05, 0.1) is 26.4 Å². The highest BCUT2D eigenvalue weighted by atomic mass is 31.2. The van der Waals surface area contributed by atoms with Gasteiger partial charge in [0.1, 0.15) is 19.3 Å². The second-order valence-electron chi connectivity index (χ2n) is 30.1. The summed E-state index contributed by atoms with van der Waals surface area (Å²) in [5, 5.41) is 10.6. The zero-order valence-corrected chi connectivity index (χ0v) is 67.6. The van der Waals surface area contributed by atoms with Crippen LogP contribution in [-0.2, 0) is 65.4 Å². The van der Waals surface area contributed by atoms with E-state index in [0.29, 0.717) is 25.7 Å². The summed E-state index contributed by atoms with van der Waals surface area (Å²) >= 11 is 0. The van der Waals surface area contributed by atoms with Gasteiger partial charge in [-0.3, -0.25) is 37.3 Å². The summed E-state index contributed by atoms with van der Waals surface area (Å²) < 4.78 is 68.6. The Balaban J connectivity index is 5.17. The van der Waals surface area contributed by atoms with Gasteiger partial charge in [0.25, 0.3) is 0 Å². The summed E-state index contributed by atoms with van der Waals surface area (Å²) in [7, 11) is -9.92. The lowest BCUT2D eigenvalue weighted by Crippen LogP contribution is -2.30. The summed E-state index contributed by atoms with van der Waals surface area (Å²) in [5.74, 6) is 1.06. The molecule has 0 bridgehead atoms. The lowest BCUT2D eigenvalue weighted by molar-refractivity contribution is -0.161. The molecule has 19 heteroatoms. The molecule has 6 unspecified atom stereocenters. The smallest absolute Gasteiger partial charge is 0.462 e. The number of phosphoric ester groups is 2. The second kappa shape index (κ2) is 70.1. The Kier molecular flexibility index (Phi) is 68.7. The van der Waals surface area contributed by atoms with Gasteiger partial charge in [-0.1, -0.05) is 364 Å². The monoisotopic (exact) mass is 1470 g/mol. The van der Waals surface area contributed by atoms with Crippen molar-refractivity contribution >= 4 is 39.5 Å².